The van der Waals surface area contributed by atoms with Crippen molar-refractivity contribution in [3.8, 4) is 0 Å². The predicted octanol–water partition coefficient (Wildman–Crippen LogP) is -0.108. The molecule has 106 valence electrons. The van der Waals surface area contributed by atoms with Gasteiger partial charge in [0.15, 0.2) is 15.0 Å². The number of amides is 1. The molecular formula is C11H16N2O4S2. The fourth-order valence-corrected chi connectivity index (χ4v) is 6.68. The fourth-order valence-electron chi connectivity index (χ4n) is 2.67. The Kier molecular flexibility index (Phi) is 3.34. The number of carbonyl (C=O) groups is 1. The molecule has 3 aliphatic rings. The molecule has 3 heterocycles. The molecular weight excluding hydrogens is 288 g/mol. The summed E-state index contributed by atoms with van der Waals surface area (Å²) in [7, 11) is -1.13. The largest absolute Gasteiger partial charge is 0.368 e. The highest BCUT2D eigenvalue weighted by Crippen LogP contribution is 2.37. The first kappa shape index (κ1) is 13.4. The first-order chi connectivity index (χ1) is 8.96. The second-order valence-corrected chi connectivity index (χ2v) is 8.51. The zero-order valence-corrected chi connectivity index (χ0v) is 12.2. The Labute approximate surface area is 116 Å². The molecule has 0 aromatic rings. The van der Waals surface area contributed by atoms with E-state index in [2.05, 4.69) is 4.99 Å². The molecule has 0 radical (unpaired) electrons. The molecule has 0 spiro atoms. The van der Waals surface area contributed by atoms with Crippen molar-refractivity contribution in [1.29, 1.82) is 0 Å². The summed E-state index contributed by atoms with van der Waals surface area (Å²) in [5, 5.41) is 0.636. The molecule has 3 atom stereocenters. The normalized spacial score (nSPS) is 38.9. The van der Waals surface area contributed by atoms with Gasteiger partial charge < -0.3 is 9.64 Å². The highest BCUT2D eigenvalue weighted by molar-refractivity contribution is 8.15. The van der Waals surface area contributed by atoms with Gasteiger partial charge in [0, 0.05) is 18.9 Å². The lowest BCUT2D eigenvalue weighted by atomic mass is 10.2. The molecule has 0 N–H and O–H groups in total. The molecule has 0 bridgehead atoms. The van der Waals surface area contributed by atoms with Crippen molar-refractivity contribution in [3.63, 3.8) is 0 Å². The number of thioether (sulfide) groups is 1. The molecule has 0 aliphatic carbocycles. The average molecular weight is 304 g/mol. The number of sulfone groups is 1. The van der Waals surface area contributed by atoms with Crippen LogP contribution in [0.3, 0.4) is 0 Å². The van der Waals surface area contributed by atoms with Crippen LogP contribution in [0, 0.1) is 0 Å². The van der Waals surface area contributed by atoms with Crippen molar-refractivity contribution in [3.05, 3.63) is 0 Å². The van der Waals surface area contributed by atoms with Gasteiger partial charge in [-0.05, 0) is 12.8 Å². The smallest absolute Gasteiger partial charge is 0.277 e. The first-order valence-corrected chi connectivity index (χ1v) is 9.00. The standard InChI is InChI=1S/C11H16N2O4S2/c1-13-7-5-19(15,16)6-9(7)18-11(13)12-10(14)8-3-2-4-17-8/h7-9H,2-6H2,1H3/t7-,8+,9-/m0/s1. The number of aliphatic imine (C=N–C) groups is 1. The van der Waals surface area contributed by atoms with E-state index in [-0.39, 0.29) is 28.7 Å². The van der Waals surface area contributed by atoms with Gasteiger partial charge in [-0.15, -0.1) is 0 Å². The van der Waals surface area contributed by atoms with E-state index in [0.29, 0.717) is 11.8 Å². The van der Waals surface area contributed by atoms with Crippen molar-refractivity contribution in [1.82, 2.24) is 4.90 Å². The maximum absolute atomic E-state index is 11.9. The first-order valence-electron chi connectivity index (χ1n) is 6.30. The summed E-state index contributed by atoms with van der Waals surface area (Å²) < 4.78 is 28.4. The summed E-state index contributed by atoms with van der Waals surface area (Å²) in [5.41, 5.74) is 0. The topological polar surface area (TPSA) is 76.0 Å². The van der Waals surface area contributed by atoms with E-state index in [0.717, 1.165) is 12.8 Å². The van der Waals surface area contributed by atoms with Crippen molar-refractivity contribution < 1.29 is 17.9 Å². The van der Waals surface area contributed by atoms with E-state index in [9.17, 15) is 13.2 Å². The van der Waals surface area contributed by atoms with Gasteiger partial charge in [-0.3, -0.25) is 4.79 Å². The number of hydrogen-bond donors (Lipinski definition) is 0. The van der Waals surface area contributed by atoms with Gasteiger partial charge in [-0.1, -0.05) is 11.8 Å². The molecule has 19 heavy (non-hydrogen) atoms. The molecule has 0 unspecified atom stereocenters. The van der Waals surface area contributed by atoms with E-state index in [1.54, 1.807) is 7.05 Å². The van der Waals surface area contributed by atoms with Crippen LogP contribution in [-0.2, 0) is 19.4 Å². The van der Waals surface area contributed by atoms with Crippen LogP contribution in [0.2, 0.25) is 0 Å². The van der Waals surface area contributed by atoms with Crippen LogP contribution in [0.25, 0.3) is 0 Å². The Morgan fingerprint density at radius 1 is 1.47 bits per heavy atom. The lowest BCUT2D eigenvalue weighted by Gasteiger charge is -2.18. The van der Waals surface area contributed by atoms with Gasteiger partial charge in [0.2, 0.25) is 0 Å². The lowest BCUT2D eigenvalue weighted by molar-refractivity contribution is -0.126. The third kappa shape index (κ3) is 2.53. The summed E-state index contributed by atoms with van der Waals surface area (Å²) in [5.74, 6) is 0.100. The van der Waals surface area contributed by atoms with Gasteiger partial charge in [0.25, 0.3) is 5.91 Å². The molecule has 6 nitrogen and oxygen atoms in total. The van der Waals surface area contributed by atoms with E-state index < -0.39 is 15.9 Å². The van der Waals surface area contributed by atoms with E-state index in [4.69, 9.17) is 4.74 Å². The number of amidine groups is 1. The van der Waals surface area contributed by atoms with Crippen LogP contribution in [-0.4, -0.2) is 66.9 Å². The number of fused-ring (bicyclic) bond motifs is 1. The Bertz CT molecular complexity index is 525. The number of carbonyl (C=O) groups excluding carboxylic acids is 1. The zero-order valence-electron chi connectivity index (χ0n) is 10.6. The van der Waals surface area contributed by atoms with E-state index >= 15 is 0 Å². The lowest BCUT2D eigenvalue weighted by Crippen LogP contribution is -2.34. The molecule has 0 saturated carbocycles. The molecule has 1 amide bonds. The summed E-state index contributed by atoms with van der Waals surface area (Å²) in [6.45, 7) is 0.619. The maximum Gasteiger partial charge on any atom is 0.277 e. The second kappa shape index (κ2) is 4.75. The van der Waals surface area contributed by atoms with E-state index in [1.807, 2.05) is 4.90 Å². The van der Waals surface area contributed by atoms with Crippen molar-refractivity contribution >= 4 is 32.7 Å². The third-order valence-corrected chi connectivity index (χ3v) is 7.04. The minimum absolute atomic E-state index is 0.00560. The summed E-state index contributed by atoms with van der Waals surface area (Å²) in [6.07, 6.45) is 1.21. The van der Waals surface area contributed by atoms with Gasteiger partial charge in [-0.25, -0.2) is 8.42 Å². The summed E-state index contributed by atoms with van der Waals surface area (Å²) in [4.78, 5) is 17.9. The number of rotatable bonds is 1. The molecule has 3 fully saturated rings. The van der Waals surface area contributed by atoms with Crippen LogP contribution in [0.15, 0.2) is 4.99 Å². The SMILES string of the molecule is CN1C(=NC(=O)[C@H]2CCCO2)S[C@H]2CS(=O)(=O)C[C@@H]21. The Morgan fingerprint density at radius 2 is 2.26 bits per heavy atom. The monoisotopic (exact) mass is 304 g/mol. The number of ether oxygens (including phenoxy) is 1. The molecule has 3 saturated heterocycles. The van der Waals surface area contributed by atoms with Crippen LogP contribution in [0.5, 0.6) is 0 Å². The minimum atomic E-state index is -2.93. The Balaban J connectivity index is 1.73. The van der Waals surface area contributed by atoms with E-state index in [1.165, 1.54) is 11.8 Å². The average Bonchev–Trinajstić information content (AvgIpc) is 2.99. The van der Waals surface area contributed by atoms with Crippen molar-refractivity contribution in [2.24, 2.45) is 4.99 Å². The van der Waals surface area contributed by atoms with Gasteiger partial charge in [0.1, 0.15) is 6.10 Å². The Morgan fingerprint density at radius 3 is 2.89 bits per heavy atom. The Hall–Kier alpha value is -0.600. The van der Waals surface area contributed by atoms with Crippen molar-refractivity contribution in [2.75, 3.05) is 25.2 Å². The highest BCUT2D eigenvalue weighted by Gasteiger charge is 2.47. The fraction of sp³-hybridized carbons (Fsp3) is 0.818. The predicted molar refractivity (Wildman–Crippen MR) is 73.0 cm³/mol. The highest BCUT2D eigenvalue weighted by atomic mass is 32.2. The third-order valence-electron chi connectivity index (χ3n) is 3.74. The second-order valence-electron chi connectivity index (χ2n) is 5.15. The van der Waals surface area contributed by atoms with Gasteiger partial charge in [-0.2, -0.15) is 4.99 Å². The number of hydrogen-bond acceptors (Lipinski definition) is 5. The van der Waals surface area contributed by atoms with Crippen LogP contribution in [0.1, 0.15) is 12.8 Å². The van der Waals surface area contributed by atoms with Crippen LogP contribution in [0.4, 0.5) is 0 Å². The number of nitrogens with zero attached hydrogens (tertiary/aromatic N) is 2. The zero-order chi connectivity index (χ0) is 13.6. The molecule has 8 heteroatoms. The van der Waals surface area contributed by atoms with Gasteiger partial charge >= 0.3 is 0 Å². The summed E-state index contributed by atoms with van der Waals surface area (Å²) in [6, 6.07) is -0.0500. The summed E-state index contributed by atoms with van der Waals surface area (Å²) >= 11 is 1.40. The molecule has 0 aromatic heterocycles. The molecule has 0 aromatic carbocycles. The maximum atomic E-state index is 11.9. The van der Waals surface area contributed by atoms with Crippen LogP contribution < -0.4 is 0 Å². The molecule has 3 aliphatic heterocycles. The van der Waals surface area contributed by atoms with Crippen LogP contribution >= 0.6 is 11.8 Å². The van der Waals surface area contributed by atoms with Gasteiger partial charge in [0.05, 0.1) is 17.5 Å². The molecule has 3 rings (SSSR count). The quantitative estimate of drug-likeness (QED) is 0.673. The van der Waals surface area contributed by atoms with Crippen molar-refractivity contribution in [2.45, 2.75) is 30.2 Å². The minimum Gasteiger partial charge on any atom is -0.368 e.